The van der Waals surface area contributed by atoms with Gasteiger partial charge in [-0.25, -0.2) is 4.98 Å². The number of hydrogen-bond donors (Lipinski definition) is 2. The first kappa shape index (κ1) is 11.4. The number of nitrogens with two attached hydrogens (primary N) is 1. The standard InChI is InChI=1S/C12H10ClN3O/c13-9-4-5-11(15-7-9)16-12(17)8-2-1-3-10(14)6-8/h1-7H,14H2,(H,15,16,17). The minimum atomic E-state index is -0.257. The Morgan fingerprint density at radius 3 is 2.76 bits per heavy atom. The summed E-state index contributed by atoms with van der Waals surface area (Å²) in [5.74, 6) is 0.189. The summed E-state index contributed by atoms with van der Waals surface area (Å²) in [5, 5.41) is 3.17. The highest BCUT2D eigenvalue weighted by Gasteiger charge is 2.06. The molecule has 0 unspecified atom stereocenters. The maximum absolute atomic E-state index is 11.8. The van der Waals surface area contributed by atoms with E-state index >= 15 is 0 Å². The van der Waals surface area contributed by atoms with Crippen molar-refractivity contribution < 1.29 is 4.79 Å². The van der Waals surface area contributed by atoms with Crippen LogP contribution in [0.3, 0.4) is 0 Å². The van der Waals surface area contributed by atoms with Crippen LogP contribution in [0.4, 0.5) is 11.5 Å². The summed E-state index contributed by atoms with van der Waals surface area (Å²) in [5.41, 5.74) is 6.63. The fourth-order valence-corrected chi connectivity index (χ4v) is 1.43. The number of carbonyl (C=O) groups excluding carboxylic acids is 1. The first-order valence-electron chi connectivity index (χ1n) is 4.93. The van der Waals surface area contributed by atoms with E-state index < -0.39 is 0 Å². The summed E-state index contributed by atoms with van der Waals surface area (Å²) >= 11 is 5.69. The highest BCUT2D eigenvalue weighted by atomic mass is 35.5. The Labute approximate surface area is 103 Å². The lowest BCUT2D eigenvalue weighted by atomic mass is 10.2. The van der Waals surface area contributed by atoms with Crippen molar-refractivity contribution in [2.75, 3.05) is 11.1 Å². The second-order valence-electron chi connectivity index (χ2n) is 3.44. The molecule has 0 fully saturated rings. The van der Waals surface area contributed by atoms with Gasteiger partial charge >= 0.3 is 0 Å². The van der Waals surface area contributed by atoms with Gasteiger partial charge in [-0.2, -0.15) is 0 Å². The fraction of sp³-hybridized carbons (Fsp3) is 0. The molecule has 0 aliphatic rings. The molecule has 0 bridgehead atoms. The van der Waals surface area contributed by atoms with Crippen molar-refractivity contribution >= 4 is 29.0 Å². The largest absolute Gasteiger partial charge is 0.399 e. The SMILES string of the molecule is Nc1cccc(C(=O)Nc2ccc(Cl)cn2)c1. The zero-order valence-corrected chi connectivity index (χ0v) is 9.61. The van der Waals surface area contributed by atoms with Gasteiger partial charge in [-0.15, -0.1) is 0 Å². The van der Waals surface area contributed by atoms with Gasteiger partial charge in [0.05, 0.1) is 5.02 Å². The van der Waals surface area contributed by atoms with E-state index in [2.05, 4.69) is 10.3 Å². The molecule has 4 nitrogen and oxygen atoms in total. The lowest BCUT2D eigenvalue weighted by molar-refractivity contribution is 0.102. The van der Waals surface area contributed by atoms with Crippen molar-refractivity contribution in [3.8, 4) is 0 Å². The molecule has 1 amide bonds. The molecule has 0 saturated heterocycles. The zero-order chi connectivity index (χ0) is 12.3. The zero-order valence-electron chi connectivity index (χ0n) is 8.85. The number of amides is 1. The van der Waals surface area contributed by atoms with E-state index in [1.807, 2.05) is 0 Å². The molecule has 1 heterocycles. The van der Waals surface area contributed by atoms with Crippen molar-refractivity contribution in [3.05, 3.63) is 53.2 Å². The highest BCUT2D eigenvalue weighted by molar-refractivity contribution is 6.30. The van der Waals surface area contributed by atoms with Gasteiger partial charge in [0, 0.05) is 17.4 Å². The monoisotopic (exact) mass is 247 g/mol. The number of aromatic nitrogens is 1. The molecule has 0 aliphatic carbocycles. The third-order valence-corrected chi connectivity index (χ3v) is 2.34. The van der Waals surface area contributed by atoms with E-state index in [1.54, 1.807) is 36.4 Å². The van der Waals surface area contributed by atoms with Gasteiger partial charge in [0.25, 0.3) is 5.91 Å². The van der Waals surface area contributed by atoms with Crippen molar-refractivity contribution in [3.63, 3.8) is 0 Å². The Hall–Kier alpha value is -2.07. The summed E-state index contributed by atoms with van der Waals surface area (Å²) in [6.45, 7) is 0. The summed E-state index contributed by atoms with van der Waals surface area (Å²) in [4.78, 5) is 15.8. The lowest BCUT2D eigenvalue weighted by Crippen LogP contribution is -2.12. The van der Waals surface area contributed by atoms with E-state index in [1.165, 1.54) is 6.20 Å². The number of hydrogen-bond acceptors (Lipinski definition) is 3. The minimum absolute atomic E-state index is 0.257. The van der Waals surface area contributed by atoms with Crippen LogP contribution in [0.25, 0.3) is 0 Å². The number of nitrogens with zero attached hydrogens (tertiary/aromatic N) is 1. The maximum atomic E-state index is 11.8. The number of rotatable bonds is 2. The highest BCUT2D eigenvalue weighted by Crippen LogP contribution is 2.12. The number of carbonyl (C=O) groups is 1. The number of pyridine rings is 1. The molecule has 1 aromatic carbocycles. The Morgan fingerprint density at radius 1 is 1.29 bits per heavy atom. The Balaban J connectivity index is 2.14. The molecule has 86 valence electrons. The van der Waals surface area contributed by atoms with E-state index in [0.717, 1.165) is 0 Å². The predicted octanol–water partition coefficient (Wildman–Crippen LogP) is 2.57. The molecule has 0 saturated carbocycles. The van der Waals surface area contributed by atoms with Crippen LogP contribution in [0, 0.1) is 0 Å². The number of nitrogens with one attached hydrogen (secondary N) is 1. The molecule has 0 radical (unpaired) electrons. The van der Waals surface area contributed by atoms with Crippen molar-refractivity contribution in [2.24, 2.45) is 0 Å². The van der Waals surface area contributed by atoms with Gasteiger partial charge in [-0.3, -0.25) is 4.79 Å². The van der Waals surface area contributed by atoms with Crippen LogP contribution in [-0.4, -0.2) is 10.9 Å². The van der Waals surface area contributed by atoms with Crippen molar-refractivity contribution in [1.82, 2.24) is 4.98 Å². The summed E-state index contributed by atoms with van der Waals surface area (Å²) in [6.07, 6.45) is 1.47. The molecular weight excluding hydrogens is 238 g/mol. The smallest absolute Gasteiger partial charge is 0.256 e. The fourth-order valence-electron chi connectivity index (χ4n) is 1.32. The Kier molecular flexibility index (Phi) is 3.25. The number of benzene rings is 1. The average Bonchev–Trinajstić information content (AvgIpc) is 2.32. The first-order chi connectivity index (χ1) is 8.15. The summed E-state index contributed by atoms with van der Waals surface area (Å²) in [7, 11) is 0. The predicted molar refractivity (Wildman–Crippen MR) is 68.1 cm³/mol. The van der Waals surface area contributed by atoms with Crippen LogP contribution in [0.2, 0.25) is 5.02 Å². The van der Waals surface area contributed by atoms with Crippen LogP contribution in [0.5, 0.6) is 0 Å². The molecule has 5 heteroatoms. The average molecular weight is 248 g/mol. The van der Waals surface area contributed by atoms with Crippen molar-refractivity contribution in [1.29, 1.82) is 0 Å². The van der Waals surface area contributed by atoms with Gasteiger partial charge in [0.2, 0.25) is 0 Å². The number of nitrogen functional groups attached to an aromatic ring is 1. The van der Waals surface area contributed by atoms with E-state index in [-0.39, 0.29) is 5.91 Å². The molecule has 0 atom stereocenters. The summed E-state index contributed by atoms with van der Waals surface area (Å²) < 4.78 is 0. The van der Waals surface area contributed by atoms with Crippen LogP contribution in [0.1, 0.15) is 10.4 Å². The van der Waals surface area contributed by atoms with Crippen molar-refractivity contribution in [2.45, 2.75) is 0 Å². The van der Waals surface area contributed by atoms with E-state index in [0.29, 0.717) is 22.1 Å². The number of halogens is 1. The topological polar surface area (TPSA) is 68.0 Å². The summed E-state index contributed by atoms with van der Waals surface area (Å²) in [6, 6.07) is 10.0. The van der Waals surface area contributed by atoms with Gasteiger partial charge in [-0.05, 0) is 30.3 Å². The third kappa shape index (κ3) is 2.95. The molecule has 17 heavy (non-hydrogen) atoms. The quantitative estimate of drug-likeness (QED) is 0.802. The second kappa shape index (κ2) is 4.84. The first-order valence-corrected chi connectivity index (χ1v) is 5.31. The van der Waals surface area contributed by atoms with Crippen LogP contribution >= 0.6 is 11.6 Å². The lowest BCUT2D eigenvalue weighted by Gasteiger charge is -2.04. The van der Waals surface area contributed by atoms with Gasteiger partial charge in [0.1, 0.15) is 5.82 Å². The van der Waals surface area contributed by atoms with Crippen LogP contribution in [0.15, 0.2) is 42.6 Å². The van der Waals surface area contributed by atoms with Gasteiger partial charge in [-0.1, -0.05) is 17.7 Å². The van der Waals surface area contributed by atoms with E-state index in [4.69, 9.17) is 17.3 Å². The maximum Gasteiger partial charge on any atom is 0.256 e. The van der Waals surface area contributed by atoms with Crippen LogP contribution < -0.4 is 11.1 Å². The Bertz CT molecular complexity index is 540. The molecule has 0 spiro atoms. The molecular formula is C12H10ClN3O. The minimum Gasteiger partial charge on any atom is -0.399 e. The number of anilines is 2. The third-order valence-electron chi connectivity index (χ3n) is 2.12. The molecule has 2 rings (SSSR count). The van der Waals surface area contributed by atoms with Gasteiger partial charge in [0.15, 0.2) is 0 Å². The molecule has 3 N–H and O–H groups in total. The van der Waals surface area contributed by atoms with Crippen LogP contribution in [-0.2, 0) is 0 Å². The molecule has 1 aromatic heterocycles. The second-order valence-corrected chi connectivity index (χ2v) is 3.88. The molecule has 2 aromatic rings. The molecule has 0 aliphatic heterocycles. The Morgan fingerprint density at radius 2 is 2.12 bits per heavy atom. The van der Waals surface area contributed by atoms with E-state index in [9.17, 15) is 4.79 Å². The van der Waals surface area contributed by atoms with Gasteiger partial charge < -0.3 is 11.1 Å². The normalized spacial score (nSPS) is 9.94.